The van der Waals surface area contributed by atoms with E-state index in [0.29, 0.717) is 0 Å². The molecule has 2 aromatic rings. The minimum Gasteiger partial charge on any atom is -0.575 e. The molecule has 6 atom stereocenters. The number of hydrogen-bond donors (Lipinski definition) is 3. The summed E-state index contributed by atoms with van der Waals surface area (Å²) in [7, 11) is -2.73. The molecule has 12 nitrogen and oxygen atoms in total. The molecule has 1 unspecified atom stereocenters. The maximum Gasteiger partial charge on any atom is 0.395 e. The first-order chi connectivity index (χ1) is 15.5. The van der Waals surface area contributed by atoms with Crippen LogP contribution in [0.5, 0.6) is 11.5 Å². The number of carboxylic acid groups (broad SMARTS) is 1. The molecule has 0 aliphatic carbocycles. The third-order valence-electron chi connectivity index (χ3n) is 4.87. The molecule has 1 aliphatic heterocycles. The van der Waals surface area contributed by atoms with Crippen molar-refractivity contribution < 1.29 is 38.3 Å². The van der Waals surface area contributed by atoms with E-state index in [1.807, 2.05) is 4.98 Å². The Kier molecular flexibility index (Phi) is 7.28. The average Bonchev–Trinajstić information content (AvgIpc) is 2.96. The molecule has 1 aliphatic rings. The number of aromatic amines is 1. The molecule has 0 spiro atoms. The van der Waals surface area contributed by atoms with Crippen molar-refractivity contribution in [1.82, 2.24) is 9.55 Å². The van der Waals surface area contributed by atoms with Crippen LogP contribution in [0.15, 0.2) is 50.9 Å². The second-order valence-electron chi connectivity index (χ2n) is 7.36. The van der Waals surface area contributed by atoms with E-state index >= 15 is 4.39 Å². The predicted molar refractivity (Wildman–Crippen MR) is 110 cm³/mol. The van der Waals surface area contributed by atoms with Crippen LogP contribution in [0.25, 0.3) is 0 Å². The number of halogens is 1. The van der Waals surface area contributed by atoms with Crippen molar-refractivity contribution in [3.05, 3.63) is 57.4 Å². The van der Waals surface area contributed by atoms with Gasteiger partial charge in [-0.3, -0.25) is 18.9 Å². The van der Waals surface area contributed by atoms with Gasteiger partial charge in [-0.25, -0.2) is 14.0 Å². The molecule has 1 fully saturated rings. The fraction of sp³-hybridized carbons (Fsp3) is 0.421. The summed E-state index contributed by atoms with van der Waals surface area (Å²) in [5, 5.41) is 19.3. The van der Waals surface area contributed by atoms with E-state index in [-0.39, 0.29) is 18.1 Å². The Bertz CT molecular complexity index is 1170. The Balaban J connectivity index is 1.75. The number of aliphatic carboxylic acids is 1. The van der Waals surface area contributed by atoms with Gasteiger partial charge in [-0.2, -0.15) is 0 Å². The highest BCUT2D eigenvalue weighted by molar-refractivity contribution is 7.34. The highest BCUT2D eigenvalue weighted by atomic mass is 31.1. The molecule has 1 aromatic carbocycles. The van der Waals surface area contributed by atoms with E-state index in [1.54, 1.807) is 12.1 Å². The molecule has 0 saturated carbocycles. The van der Waals surface area contributed by atoms with Crippen molar-refractivity contribution in [2.45, 2.75) is 44.0 Å². The maximum absolute atomic E-state index is 15.2. The molecule has 0 amide bonds. The number of rotatable bonds is 8. The lowest BCUT2D eigenvalue weighted by Gasteiger charge is -2.24. The maximum atomic E-state index is 15.2. The van der Waals surface area contributed by atoms with Crippen molar-refractivity contribution in [2.24, 2.45) is 4.74 Å². The molecule has 178 valence electrons. The number of ether oxygens (including phenoxy) is 2. The fourth-order valence-corrected chi connectivity index (χ4v) is 3.83. The first-order valence-corrected chi connectivity index (χ1v) is 10.8. The summed E-state index contributed by atoms with van der Waals surface area (Å²) in [4.78, 5) is 48.1. The second kappa shape index (κ2) is 9.79. The van der Waals surface area contributed by atoms with Crippen LogP contribution in [0.2, 0.25) is 0 Å². The van der Waals surface area contributed by atoms with Crippen molar-refractivity contribution in [1.29, 1.82) is 0 Å². The topological polar surface area (TPSA) is 175 Å². The Morgan fingerprint density at radius 1 is 1.39 bits per heavy atom. The molecule has 1 aromatic heterocycles. The third kappa shape index (κ3) is 5.45. The summed E-state index contributed by atoms with van der Waals surface area (Å²) >= 11 is 0. The normalized spacial score (nSPS) is 26.1. The average molecular weight is 485 g/mol. The first kappa shape index (κ1) is 24.5. The highest BCUT2D eigenvalue weighted by Crippen LogP contribution is 2.41. The van der Waals surface area contributed by atoms with Crippen LogP contribution in [0.4, 0.5) is 4.39 Å². The number of nitrogens with one attached hydrogen (secondary N) is 1. The SMILES string of the molecule is C[C@H](N=[P+]([O-])Oc1ccccc1OC[C@H]1O[C@@H](n2ccc(=O)[nH]c2=O)[C@](C)(F)[C@@H]1O)C(=O)O. The smallest absolute Gasteiger partial charge is 0.395 e. The Morgan fingerprint density at radius 3 is 2.70 bits per heavy atom. The zero-order valence-electron chi connectivity index (χ0n) is 17.5. The molecule has 2 heterocycles. The van der Waals surface area contributed by atoms with Crippen LogP contribution in [0.1, 0.15) is 20.1 Å². The zero-order valence-corrected chi connectivity index (χ0v) is 18.3. The molecule has 1 saturated heterocycles. The van der Waals surface area contributed by atoms with Gasteiger partial charge in [-0.15, -0.1) is 0 Å². The van der Waals surface area contributed by atoms with Crippen molar-refractivity contribution in [2.75, 3.05) is 6.61 Å². The van der Waals surface area contributed by atoms with Crippen LogP contribution in [-0.4, -0.2) is 56.3 Å². The Labute approximate surface area is 186 Å². The van der Waals surface area contributed by atoms with Crippen molar-refractivity contribution in [3.8, 4) is 11.5 Å². The second-order valence-corrected chi connectivity index (χ2v) is 8.25. The summed E-state index contributed by atoms with van der Waals surface area (Å²) in [6.45, 7) is 1.90. The van der Waals surface area contributed by atoms with Crippen LogP contribution in [0, 0.1) is 0 Å². The number of alkyl halides is 1. The standard InChI is InChI=1S/C19H21FN3O9P/c1-10(16(26)27)22-33(29)32-12-6-4-3-5-11(12)30-9-13-15(25)19(2,20)17(31-13)23-8-7-14(24)21-18(23)28/h3-8,10,13,15,17,25H,9H2,1-2H3,(H,26,27)(H,21,24,28)/t10-,13+,15+,17+,19+/m0/s1. The fourth-order valence-electron chi connectivity index (χ4n) is 3.08. The molecule has 3 rings (SSSR count). The van der Waals surface area contributed by atoms with Gasteiger partial charge in [0.1, 0.15) is 18.8 Å². The number of aliphatic hydroxyl groups is 1. The van der Waals surface area contributed by atoms with Gasteiger partial charge in [0.05, 0.1) is 0 Å². The third-order valence-corrected chi connectivity index (χ3v) is 5.76. The zero-order chi connectivity index (χ0) is 24.3. The van der Waals surface area contributed by atoms with Crippen LogP contribution in [0.3, 0.4) is 0 Å². The summed E-state index contributed by atoms with van der Waals surface area (Å²) < 4.78 is 35.8. The lowest BCUT2D eigenvalue weighted by atomic mass is 9.98. The molecular weight excluding hydrogens is 464 g/mol. The van der Waals surface area contributed by atoms with Crippen LogP contribution >= 0.6 is 8.17 Å². The number of nitrogens with zero attached hydrogens (tertiary/aromatic N) is 2. The number of carbonyl (C=O) groups is 1. The molecule has 33 heavy (non-hydrogen) atoms. The van der Waals surface area contributed by atoms with Gasteiger partial charge in [0.25, 0.3) is 5.56 Å². The molecule has 0 bridgehead atoms. The number of aromatic nitrogens is 2. The van der Waals surface area contributed by atoms with Gasteiger partial charge in [0, 0.05) is 12.3 Å². The Hall–Kier alpha value is -3.12. The van der Waals surface area contributed by atoms with Gasteiger partial charge in [0.15, 0.2) is 23.7 Å². The minimum absolute atomic E-state index is 0.0242. The van der Waals surface area contributed by atoms with Crippen LogP contribution < -0.4 is 25.4 Å². The van der Waals surface area contributed by atoms with Crippen LogP contribution in [-0.2, 0) is 9.53 Å². The lowest BCUT2D eigenvalue weighted by molar-refractivity contribution is -0.169. The number of aliphatic hydroxyl groups excluding tert-OH is 1. The first-order valence-electron chi connectivity index (χ1n) is 9.65. The predicted octanol–water partition coefficient (Wildman–Crippen LogP) is 0.310. The van der Waals surface area contributed by atoms with E-state index < -0.39 is 55.5 Å². The lowest BCUT2D eigenvalue weighted by Crippen LogP contribution is -2.43. The van der Waals surface area contributed by atoms with E-state index in [0.717, 1.165) is 23.8 Å². The van der Waals surface area contributed by atoms with Gasteiger partial charge >= 0.3 is 19.8 Å². The number of benzene rings is 1. The van der Waals surface area contributed by atoms with Gasteiger partial charge in [-0.1, -0.05) is 16.9 Å². The molecule has 14 heteroatoms. The summed E-state index contributed by atoms with van der Waals surface area (Å²) in [5.74, 6) is -1.24. The molecular formula is C19H21FN3O9P. The largest absolute Gasteiger partial charge is 0.575 e. The van der Waals surface area contributed by atoms with Crippen molar-refractivity contribution in [3.63, 3.8) is 0 Å². The quantitative estimate of drug-likeness (QED) is 0.444. The highest BCUT2D eigenvalue weighted by Gasteiger charge is 2.55. The monoisotopic (exact) mass is 485 g/mol. The number of hydrogen-bond acceptors (Lipinski definition) is 9. The molecule has 3 N–H and O–H groups in total. The van der Waals surface area contributed by atoms with Gasteiger partial charge < -0.3 is 24.6 Å². The van der Waals surface area contributed by atoms with E-state index in [2.05, 4.69) is 4.74 Å². The summed E-state index contributed by atoms with van der Waals surface area (Å²) in [6, 6.07) is 5.72. The van der Waals surface area contributed by atoms with E-state index in [4.69, 9.17) is 19.1 Å². The van der Waals surface area contributed by atoms with Crippen molar-refractivity contribution >= 4 is 14.1 Å². The molecule has 0 radical (unpaired) electrons. The van der Waals surface area contributed by atoms with Gasteiger partial charge in [-0.05, 0) is 26.0 Å². The van der Waals surface area contributed by atoms with E-state index in [1.165, 1.54) is 19.1 Å². The van der Waals surface area contributed by atoms with E-state index in [9.17, 15) is 24.4 Å². The number of H-pyrrole nitrogens is 1. The summed E-state index contributed by atoms with van der Waals surface area (Å²) in [5.41, 5.74) is -3.98. The number of para-hydroxylation sites is 2. The summed E-state index contributed by atoms with van der Waals surface area (Å²) in [6.07, 6.45) is -3.40. The number of carboxylic acids is 1. The Morgan fingerprint density at radius 2 is 2.06 bits per heavy atom. The van der Waals surface area contributed by atoms with Gasteiger partial charge in [0.2, 0.25) is 5.75 Å². The minimum atomic E-state index is -2.73.